The Morgan fingerprint density at radius 2 is 1.75 bits per heavy atom. The number of benzene rings is 1. The van der Waals surface area contributed by atoms with Gasteiger partial charge in [0, 0.05) is 18.8 Å². The molecule has 0 atom stereocenters. The summed E-state index contributed by atoms with van der Waals surface area (Å²) in [5.74, 6) is 1.36. The molecule has 20 heavy (non-hydrogen) atoms. The van der Waals surface area contributed by atoms with Gasteiger partial charge in [0.05, 0.1) is 5.75 Å². The van der Waals surface area contributed by atoms with E-state index >= 15 is 0 Å². The molecule has 1 aromatic carbocycles. The topological polar surface area (TPSA) is 63.4 Å². The summed E-state index contributed by atoms with van der Waals surface area (Å²) < 4.78 is 26.5. The van der Waals surface area contributed by atoms with Gasteiger partial charge in [0.25, 0.3) is 0 Å². The molecule has 1 aliphatic rings. The van der Waals surface area contributed by atoms with Crippen LogP contribution in [0.1, 0.15) is 32.3 Å². The Labute approximate surface area is 122 Å². The van der Waals surface area contributed by atoms with Crippen LogP contribution in [0.15, 0.2) is 24.3 Å². The summed E-state index contributed by atoms with van der Waals surface area (Å²) in [5.41, 5.74) is 7.07. The summed E-state index contributed by atoms with van der Waals surface area (Å²) in [4.78, 5) is 0. The molecule has 1 saturated heterocycles. The fraction of sp³-hybridized carbons (Fsp3) is 0.600. The van der Waals surface area contributed by atoms with Crippen LogP contribution in [0.2, 0.25) is 0 Å². The summed E-state index contributed by atoms with van der Waals surface area (Å²) in [6.07, 6.45) is 1.94. The van der Waals surface area contributed by atoms with Crippen molar-refractivity contribution in [3.63, 3.8) is 0 Å². The lowest BCUT2D eigenvalue weighted by Crippen LogP contribution is -2.40. The predicted molar refractivity (Wildman–Crippen MR) is 82.6 cm³/mol. The molecular formula is C15H24N2O2S. The zero-order chi connectivity index (χ0) is 14.8. The number of nitrogens with two attached hydrogens (primary N) is 1. The van der Waals surface area contributed by atoms with Crippen molar-refractivity contribution in [2.75, 3.05) is 18.8 Å². The number of anilines is 1. The lowest BCUT2D eigenvalue weighted by Gasteiger charge is -2.33. The largest absolute Gasteiger partial charge is 0.399 e. The lowest BCUT2D eigenvalue weighted by atomic mass is 9.87. The van der Waals surface area contributed by atoms with Crippen molar-refractivity contribution in [2.24, 2.45) is 11.8 Å². The SMILES string of the molecule is CC(C)C1CCN(S(=O)(=O)Cc2ccc(N)cc2)CC1. The molecule has 4 nitrogen and oxygen atoms in total. The Morgan fingerprint density at radius 1 is 1.20 bits per heavy atom. The van der Waals surface area contributed by atoms with E-state index < -0.39 is 10.0 Å². The molecule has 1 aromatic rings. The molecule has 0 saturated carbocycles. The summed E-state index contributed by atoms with van der Waals surface area (Å²) in [6.45, 7) is 5.73. The molecule has 0 aliphatic carbocycles. The molecule has 0 aromatic heterocycles. The van der Waals surface area contributed by atoms with E-state index in [1.54, 1.807) is 28.6 Å². The predicted octanol–water partition coefficient (Wildman–Crippen LogP) is 2.47. The van der Waals surface area contributed by atoms with Gasteiger partial charge in [0.2, 0.25) is 10.0 Å². The van der Waals surface area contributed by atoms with Gasteiger partial charge in [-0.25, -0.2) is 12.7 Å². The molecule has 112 valence electrons. The van der Waals surface area contributed by atoms with Crippen molar-refractivity contribution in [3.05, 3.63) is 29.8 Å². The number of nitrogen functional groups attached to an aromatic ring is 1. The molecule has 1 fully saturated rings. The third kappa shape index (κ3) is 3.73. The van der Waals surface area contributed by atoms with Gasteiger partial charge in [0.1, 0.15) is 0 Å². The number of hydrogen-bond donors (Lipinski definition) is 1. The number of nitrogens with zero attached hydrogens (tertiary/aromatic N) is 1. The molecule has 1 heterocycles. The van der Waals surface area contributed by atoms with Gasteiger partial charge < -0.3 is 5.73 Å². The number of sulfonamides is 1. The highest BCUT2D eigenvalue weighted by Gasteiger charge is 2.29. The molecule has 0 unspecified atom stereocenters. The quantitative estimate of drug-likeness (QED) is 0.868. The minimum absolute atomic E-state index is 0.0691. The van der Waals surface area contributed by atoms with E-state index in [0.29, 0.717) is 30.6 Å². The molecule has 0 amide bonds. The van der Waals surface area contributed by atoms with E-state index in [4.69, 9.17) is 5.73 Å². The van der Waals surface area contributed by atoms with E-state index in [2.05, 4.69) is 13.8 Å². The van der Waals surface area contributed by atoms with Crippen LogP contribution in [-0.2, 0) is 15.8 Å². The lowest BCUT2D eigenvalue weighted by molar-refractivity contribution is 0.226. The van der Waals surface area contributed by atoms with Crippen LogP contribution in [-0.4, -0.2) is 25.8 Å². The standard InChI is InChI=1S/C15H24N2O2S/c1-12(2)14-7-9-17(10-8-14)20(18,19)11-13-3-5-15(16)6-4-13/h3-6,12,14H,7-11,16H2,1-2H3. The molecular weight excluding hydrogens is 272 g/mol. The second-order valence-electron chi connectivity index (χ2n) is 5.98. The van der Waals surface area contributed by atoms with E-state index in [1.165, 1.54) is 0 Å². The van der Waals surface area contributed by atoms with Gasteiger partial charge in [0.15, 0.2) is 0 Å². The minimum atomic E-state index is -3.21. The number of piperidine rings is 1. The maximum Gasteiger partial charge on any atom is 0.218 e. The first-order chi connectivity index (χ1) is 9.38. The Balaban J connectivity index is 1.99. The summed E-state index contributed by atoms with van der Waals surface area (Å²) >= 11 is 0. The van der Waals surface area contributed by atoms with E-state index in [9.17, 15) is 8.42 Å². The molecule has 2 rings (SSSR count). The molecule has 0 bridgehead atoms. The average molecular weight is 296 g/mol. The van der Waals surface area contributed by atoms with Crippen molar-refractivity contribution in [1.82, 2.24) is 4.31 Å². The fourth-order valence-corrected chi connectivity index (χ4v) is 4.30. The monoisotopic (exact) mass is 296 g/mol. The van der Waals surface area contributed by atoms with Crippen molar-refractivity contribution in [3.8, 4) is 0 Å². The molecule has 1 aliphatic heterocycles. The van der Waals surface area contributed by atoms with Gasteiger partial charge in [-0.1, -0.05) is 26.0 Å². The summed E-state index contributed by atoms with van der Waals surface area (Å²) in [7, 11) is -3.21. The van der Waals surface area contributed by atoms with Crippen molar-refractivity contribution in [1.29, 1.82) is 0 Å². The van der Waals surface area contributed by atoms with Crippen LogP contribution in [0.4, 0.5) is 5.69 Å². The Hall–Kier alpha value is -1.07. The van der Waals surface area contributed by atoms with Crippen LogP contribution < -0.4 is 5.73 Å². The highest BCUT2D eigenvalue weighted by Crippen LogP contribution is 2.26. The van der Waals surface area contributed by atoms with E-state index in [1.807, 2.05) is 0 Å². The maximum atomic E-state index is 12.4. The first-order valence-electron chi connectivity index (χ1n) is 7.21. The summed E-state index contributed by atoms with van der Waals surface area (Å²) in [6, 6.07) is 7.06. The second-order valence-corrected chi connectivity index (χ2v) is 7.95. The normalized spacial score (nSPS) is 18.6. The number of hydrogen-bond acceptors (Lipinski definition) is 3. The van der Waals surface area contributed by atoms with Gasteiger partial charge in [-0.05, 0) is 42.4 Å². The van der Waals surface area contributed by atoms with Crippen molar-refractivity contribution < 1.29 is 8.42 Å². The van der Waals surface area contributed by atoms with E-state index in [-0.39, 0.29) is 5.75 Å². The van der Waals surface area contributed by atoms with Crippen molar-refractivity contribution >= 4 is 15.7 Å². The Bertz CT molecular complexity index is 529. The molecule has 2 N–H and O–H groups in total. The molecule has 0 radical (unpaired) electrons. The molecule has 5 heteroatoms. The molecule has 0 spiro atoms. The van der Waals surface area contributed by atoms with Gasteiger partial charge >= 0.3 is 0 Å². The Kier molecular flexibility index (Phi) is 4.70. The average Bonchev–Trinajstić information content (AvgIpc) is 2.41. The fourth-order valence-electron chi connectivity index (χ4n) is 2.74. The third-order valence-electron chi connectivity index (χ3n) is 4.16. The third-order valence-corrected chi connectivity index (χ3v) is 6.01. The number of rotatable bonds is 4. The Morgan fingerprint density at radius 3 is 2.25 bits per heavy atom. The highest BCUT2D eigenvalue weighted by molar-refractivity contribution is 7.88. The zero-order valence-electron chi connectivity index (χ0n) is 12.2. The summed E-state index contributed by atoms with van der Waals surface area (Å²) in [5, 5.41) is 0. The minimum Gasteiger partial charge on any atom is -0.399 e. The van der Waals surface area contributed by atoms with E-state index in [0.717, 1.165) is 18.4 Å². The van der Waals surface area contributed by atoms with Gasteiger partial charge in [-0.15, -0.1) is 0 Å². The van der Waals surface area contributed by atoms with Crippen molar-refractivity contribution in [2.45, 2.75) is 32.4 Å². The van der Waals surface area contributed by atoms with Crippen LogP contribution in [0.25, 0.3) is 0 Å². The maximum absolute atomic E-state index is 12.4. The zero-order valence-corrected chi connectivity index (χ0v) is 13.1. The van der Waals surface area contributed by atoms with Crippen LogP contribution in [0, 0.1) is 11.8 Å². The first kappa shape index (κ1) is 15.3. The highest BCUT2D eigenvalue weighted by atomic mass is 32.2. The second kappa shape index (κ2) is 6.14. The van der Waals surface area contributed by atoms with Crippen LogP contribution >= 0.6 is 0 Å². The van der Waals surface area contributed by atoms with Crippen LogP contribution in [0.5, 0.6) is 0 Å². The van der Waals surface area contributed by atoms with Crippen LogP contribution in [0.3, 0.4) is 0 Å². The first-order valence-corrected chi connectivity index (χ1v) is 8.81. The van der Waals surface area contributed by atoms with Gasteiger partial charge in [-0.2, -0.15) is 0 Å². The van der Waals surface area contributed by atoms with Gasteiger partial charge in [-0.3, -0.25) is 0 Å². The smallest absolute Gasteiger partial charge is 0.218 e.